The first-order chi connectivity index (χ1) is 13.7. The third kappa shape index (κ3) is 3.98. The van der Waals surface area contributed by atoms with E-state index in [0.717, 1.165) is 63.6 Å². The summed E-state index contributed by atoms with van der Waals surface area (Å²) >= 11 is 0. The number of aryl methyl sites for hydroxylation is 2. The summed E-state index contributed by atoms with van der Waals surface area (Å²) < 4.78 is 7.81. The quantitative estimate of drug-likeness (QED) is 0.795. The summed E-state index contributed by atoms with van der Waals surface area (Å²) in [6.45, 7) is 10.8. The van der Waals surface area contributed by atoms with E-state index in [4.69, 9.17) is 9.84 Å². The van der Waals surface area contributed by atoms with Gasteiger partial charge in [-0.3, -0.25) is 14.4 Å². The maximum atomic E-state index is 12.7. The lowest BCUT2D eigenvalue weighted by atomic mass is 10.1. The van der Waals surface area contributed by atoms with Crippen molar-refractivity contribution in [2.24, 2.45) is 0 Å². The molecule has 3 heterocycles. The Morgan fingerprint density at radius 2 is 1.96 bits per heavy atom. The highest BCUT2D eigenvalue weighted by Crippen LogP contribution is 2.22. The summed E-state index contributed by atoms with van der Waals surface area (Å²) in [6, 6.07) is 8.15. The van der Waals surface area contributed by atoms with E-state index in [1.54, 1.807) is 0 Å². The van der Waals surface area contributed by atoms with Gasteiger partial charge in [-0.15, -0.1) is 0 Å². The molecule has 2 aliphatic rings. The van der Waals surface area contributed by atoms with Crippen molar-refractivity contribution in [1.82, 2.24) is 19.6 Å². The Morgan fingerprint density at radius 3 is 2.71 bits per heavy atom. The molecule has 0 bridgehead atoms. The van der Waals surface area contributed by atoms with Gasteiger partial charge in [0.2, 0.25) is 5.91 Å². The first-order valence-electron chi connectivity index (χ1n) is 10.4. The van der Waals surface area contributed by atoms with E-state index < -0.39 is 0 Å². The topological polar surface area (TPSA) is 50.6 Å². The zero-order valence-corrected chi connectivity index (χ0v) is 17.0. The number of nitrogens with zero attached hydrogens (tertiary/aromatic N) is 4. The molecule has 0 unspecified atom stereocenters. The molecular formula is C22H30N4O2. The van der Waals surface area contributed by atoms with Crippen LogP contribution >= 0.6 is 0 Å². The maximum Gasteiger partial charge on any atom is 0.227 e. The summed E-state index contributed by atoms with van der Waals surface area (Å²) in [5, 5.41) is 4.84. The molecule has 28 heavy (non-hydrogen) atoms. The van der Waals surface area contributed by atoms with Gasteiger partial charge in [0.1, 0.15) is 0 Å². The Morgan fingerprint density at radius 1 is 1.18 bits per heavy atom. The van der Waals surface area contributed by atoms with Crippen LogP contribution in [-0.4, -0.2) is 58.3 Å². The molecule has 1 amide bonds. The molecule has 6 heteroatoms. The van der Waals surface area contributed by atoms with Crippen LogP contribution in [0.2, 0.25) is 0 Å². The number of aromatic nitrogens is 2. The molecule has 4 rings (SSSR count). The highest BCUT2D eigenvalue weighted by atomic mass is 16.5. The summed E-state index contributed by atoms with van der Waals surface area (Å²) in [4.78, 5) is 17.1. The molecule has 0 aliphatic carbocycles. The number of rotatable bonds is 5. The van der Waals surface area contributed by atoms with Crippen molar-refractivity contribution < 1.29 is 9.53 Å². The summed E-state index contributed by atoms with van der Waals surface area (Å²) in [5.41, 5.74) is 6.10. The summed E-state index contributed by atoms with van der Waals surface area (Å²) in [6.07, 6.45) is 1.45. The van der Waals surface area contributed by atoms with E-state index in [0.29, 0.717) is 13.0 Å². The van der Waals surface area contributed by atoms with E-state index >= 15 is 0 Å². The minimum absolute atomic E-state index is 0.231. The molecule has 1 aromatic carbocycles. The molecule has 1 aromatic heterocycles. The van der Waals surface area contributed by atoms with Gasteiger partial charge in [-0.2, -0.15) is 5.10 Å². The molecule has 150 valence electrons. The van der Waals surface area contributed by atoms with Crippen LogP contribution in [0.3, 0.4) is 0 Å². The molecule has 1 fully saturated rings. The fraction of sp³-hybridized carbons (Fsp3) is 0.545. The van der Waals surface area contributed by atoms with Crippen molar-refractivity contribution in [2.45, 2.75) is 46.4 Å². The molecule has 2 aromatic rings. The van der Waals surface area contributed by atoms with Gasteiger partial charge in [0.25, 0.3) is 0 Å². The second-order valence-electron chi connectivity index (χ2n) is 7.75. The number of benzene rings is 1. The zero-order chi connectivity index (χ0) is 19.5. The van der Waals surface area contributed by atoms with Crippen LogP contribution in [0.1, 0.15) is 35.0 Å². The summed E-state index contributed by atoms with van der Waals surface area (Å²) in [5.74, 6) is 0.231. The molecule has 2 aliphatic heterocycles. The SMILES string of the molecule is CCn1nc(CN2CCN(C(=O)Cc3ccccc3C)CC2)c2c1CCOC2. The maximum absolute atomic E-state index is 12.7. The second-order valence-corrected chi connectivity index (χ2v) is 7.75. The van der Waals surface area contributed by atoms with E-state index in [-0.39, 0.29) is 5.91 Å². The Bertz CT molecular complexity index is 837. The van der Waals surface area contributed by atoms with E-state index in [1.165, 1.54) is 16.8 Å². The Balaban J connectivity index is 1.34. The van der Waals surface area contributed by atoms with Crippen LogP contribution in [0, 0.1) is 6.92 Å². The van der Waals surface area contributed by atoms with Crippen LogP contribution in [-0.2, 0) is 42.1 Å². The molecule has 0 radical (unpaired) electrons. The number of amides is 1. The van der Waals surface area contributed by atoms with Gasteiger partial charge >= 0.3 is 0 Å². The predicted molar refractivity (Wildman–Crippen MR) is 108 cm³/mol. The number of hydrogen-bond acceptors (Lipinski definition) is 4. The molecule has 1 saturated heterocycles. The second kappa shape index (κ2) is 8.45. The van der Waals surface area contributed by atoms with Crippen LogP contribution in [0.25, 0.3) is 0 Å². The van der Waals surface area contributed by atoms with Crippen molar-refractivity contribution in [3.63, 3.8) is 0 Å². The lowest BCUT2D eigenvalue weighted by molar-refractivity contribution is -0.132. The smallest absolute Gasteiger partial charge is 0.227 e. The standard InChI is InChI=1S/C22H30N4O2/c1-3-26-21-8-13-28-16-19(21)20(23-26)15-24-9-11-25(12-10-24)22(27)14-18-7-5-4-6-17(18)2/h4-7H,3,8-16H2,1-2H3. The Hall–Kier alpha value is -2.18. The molecule has 0 atom stereocenters. The number of carbonyl (C=O) groups excluding carboxylic acids is 1. The fourth-order valence-corrected chi connectivity index (χ4v) is 4.22. The third-order valence-electron chi connectivity index (χ3n) is 5.98. The van der Waals surface area contributed by atoms with Crippen molar-refractivity contribution >= 4 is 5.91 Å². The van der Waals surface area contributed by atoms with Gasteiger partial charge in [-0.05, 0) is 25.0 Å². The van der Waals surface area contributed by atoms with Gasteiger partial charge < -0.3 is 9.64 Å². The first kappa shape index (κ1) is 19.2. The Labute approximate surface area is 167 Å². The average molecular weight is 383 g/mol. The number of ether oxygens (including phenoxy) is 1. The highest BCUT2D eigenvalue weighted by molar-refractivity contribution is 5.79. The van der Waals surface area contributed by atoms with Crippen LogP contribution in [0.4, 0.5) is 0 Å². The van der Waals surface area contributed by atoms with E-state index in [1.807, 2.05) is 17.0 Å². The number of hydrogen-bond donors (Lipinski definition) is 0. The van der Waals surface area contributed by atoms with E-state index in [9.17, 15) is 4.79 Å². The predicted octanol–water partition coefficient (Wildman–Crippen LogP) is 2.17. The number of fused-ring (bicyclic) bond motifs is 1. The van der Waals surface area contributed by atoms with Crippen molar-refractivity contribution in [3.8, 4) is 0 Å². The minimum atomic E-state index is 0.231. The fourth-order valence-electron chi connectivity index (χ4n) is 4.22. The van der Waals surface area contributed by atoms with Gasteiger partial charge in [-0.1, -0.05) is 24.3 Å². The molecule has 0 saturated carbocycles. The molecule has 0 N–H and O–H groups in total. The minimum Gasteiger partial charge on any atom is -0.376 e. The van der Waals surface area contributed by atoms with Crippen LogP contribution in [0.5, 0.6) is 0 Å². The summed E-state index contributed by atoms with van der Waals surface area (Å²) in [7, 11) is 0. The van der Waals surface area contributed by atoms with Gasteiger partial charge in [0.15, 0.2) is 0 Å². The van der Waals surface area contributed by atoms with Crippen molar-refractivity contribution in [2.75, 3.05) is 32.8 Å². The average Bonchev–Trinajstić information content (AvgIpc) is 3.08. The van der Waals surface area contributed by atoms with Crippen LogP contribution in [0.15, 0.2) is 24.3 Å². The van der Waals surface area contributed by atoms with Crippen LogP contribution < -0.4 is 0 Å². The molecular weight excluding hydrogens is 352 g/mol. The monoisotopic (exact) mass is 382 g/mol. The Kier molecular flexibility index (Phi) is 5.78. The largest absolute Gasteiger partial charge is 0.376 e. The lowest BCUT2D eigenvalue weighted by Crippen LogP contribution is -2.48. The first-order valence-corrected chi connectivity index (χ1v) is 10.4. The van der Waals surface area contributed by atoms with Crippen molar-refractivity contribution in [3.05, 3.63) is 52.3 Å². The zero-order valence-electron chi connectivity index (χ0n) is 17.0. The number of piperazine rings is 1. The third-order valence-corrected chi connectivity index (χ3v) is 5.98. The van der Waals surface area contributed by atoms with Gasteiger partial charge in [0.05, 0.1) is 25.3 Å². The number of carbonyl (C=O) groups is 1. The molecule has 0 spiro atoms. The normalized spacial score (nSPS) is 17.6. The van der Waals surface area contributed by atoms with E-state index in [2.05, 4.69) is 35.6 Å². The van der Waals surface area contributed by atoms with Gasteiger partial charge in [-0.25, -0.2) is 0 Å². The lowest BCUT2D eigenvalue weighted by Gasteiger charge is -2.34. The molecule has 6 nitrogen and oxygen atoms in total. The highest BCUT2D eigenvalue weighted by Gasteiger charge is 2.25. The van der Waals surface area contributed by atoms with Crippen molar-refractivity contribution in [1.29, 1.82) is 0 Å². The van der Waals surface area contributed by atoms with Gasteiger partial charge in [0, 0.05) is 56.9 Å².